The minimum absolute atomic E-state index is 0.114. The Morgan fingerprint density at radius 2 is 1.67 bits per heavy atom. The van der Waals surface area contributed by atoms with Gasteiger partial charge in [0.05, 0.1) is 27.7 Å². The van der Waals surface area contributed by atoms with Crippen molar-refractivity contribution in [2.24, 2.45) is 5.10 Å². The zero-order chi connectivity index (χ0) is 17.7. The molecule has 1 amide bonds. The molecule has 0 bridgehead atoms. The van der Waals surface area contributed by atoms with Crippen LogP contribution in [0.2, 0.25) is 0 Å². The monoisotopic (exact) mass is 332 g/mol. The van der Waals surface area contributed by atoms with Crippen LogP contribution >= 0.6 is 0 Å². The number of hydrazone groups is 1. The maximum Gasteiger partial charge on any atom is 0.277 e. The van der Waals surface area contributed by atoms with Crippen LogP contribution in [0.5, 0.6) is 0 Å². The van der Waals surface area contributed by atoms with Gasteiger partial charge in [-0.05, 0) is 6.07 Å². The first kappa shape index (κ1) is 16.7. The first-order valence-electron chi connectivity index (χ1n) is 6.40. The number of amides is 1. The molecule has 24 heavy (non-hydrogen) atoms. The number of nitro benzene ring substituents is 2. The van der Waals surface area contributed by atoms with Gasteiger partial charge in [0, 0.05) is 17.7 Å². The topological polar surface area (TPSA) is 128 Å². The Kier molecular flexibility index (Phi) is 4.90. The maximum absolute atomic E-state index is 13.4. The molecule has 0 spiro atoms. The molecule has 0 aliphatic rings. The molecule has 0 aliphatic carbocycles. The van der Waals surface area contributed by atoms with Crippen LogP contribution in [0, 0.1) is 26.0 Å². The summed E-state index contributed by atoms with van der Waals surface area (Å²) < 4.78 is 13.4. The number of non-ortho nitro benzene ring substituents is 2. The summed E-state index contributed by atoms with van der Waals surface area (Å²) in [6, 6.07) is 8.15. The highest BCUT2D eigenvalue weighted by atomic mass is 19.1. The van der Waals surface area contributed by atoms with E-state index in [1.165, 1.54) is 18.2 Å². The van der Waals surface area contributed by atoms with E-state index in [1.54, 1.807) is 6.07 Å². The predicted octanol–water partition coefficient (Wildman–Crippen LogP) is 2.41. The third-order valence-electron chi connectivity index (χ3n) is 2.86. The van der Waals surface area contributed by atoms with Gasteiger partial charge in [-0.1, -0.05) is 18.2 Å². The first-order chi connectivity index (χ1) is 11.4. The Balaban J connectivity index is 2.22. The van der Waals surface area contributed by atoms with E-state index in [2.05, 4.69) is 5.10 Å². The molecule has 0 saturated carbocycles. The van der Waals surface area contributed by atoms with Gasteiger partial charge in [-0.3, -0.25) is 25.0 Å². The summed E-state index contributed by atoms with van der Waals surface area (Å²) in [7, 11) is 0. The van der Waals surface area contributed by atoms with Gasteiger partial charge in [-0.2, -0.15) is 5.10 Å². The Bertz CT molecular complexity index is 821. The molecule has 0 unspecified atom stereocenters. The molecule has 2 aromatic rings. The molecule has 10 heteroatoms. The molecular weight excluding hydrogens is 323 g/mol. The fourth-order valence-corrected chi connectivity index (χ4v) is 1.74. The average Bonchev–Trinajstić information content (AvgIpc) is 2.56. The van der Waals surface area contributed by atoms with E-state index in [0.29, 0.717) is 0 Å². The third kappa shape index (κ3) is 3.94. The molecule has 9 nitrogen and oxygen atoms in total. The van der Waals surface area contributed by atoms with Gasteiger partial charge in [-0.25, -0.2) is 9.82 Å². The largest absolute Gasteiger partial charge is 0.277 e. The second-order valence-electron chi connectivity index (χ2n) is 4.47. The summed E-state index contributed by atoms with van der Waals surface area (Å²) >= 11 is 0. The lowest BCUT2D eigenvalue weighted by Gasteiger charge is -2.01. The predicted molar refractivity (Wildman–Crippen MR) is 81.2 cm³/mol. The van der Waals surface area contributed by atoms with E-state index in [9.17, 15) is 29.4 Å². The molecule has 0 fully saturated rings. The fourth-order valence-electron chi connectivity index (χ4n) is 1.74. The van der Waals surface area contributed by atoms with Crippen LogP contribution in [0.15, 0.2) is 47.6 Å². The highest BCUT2D eigenvalue weighted by Gasteiger charge is 2.19. The Morgan fingerprint density at radius 1 is 1.08 bits per heavy atom. The Hall–Kier alpha value is -3.69. The smallest absolute Gasteiger partial charge is 0.267 e. The molecule has 0 aromatic heterocycles. The molecule has 122 valence electrons. The van der Waals surface area contributed by atoms with Crippen LogP contribution in [0.25, 0.3) is 0 Å². The zero-order valence-electron chi connectivity index (χ0n) is 11.9. The molecule has 2 rings (SSSR count). The van der Waals surface area contributed by atoms with Crippen LogP contribution in [0.4, 0.5) is 15.8 Å². The van der Waals surface area contributed by atoms with Gasteiger partial charge < -0.3 is 0 Å². The summed E-state index contributed by atoms with van der Waals surface area (Å²) in [4.78, 5) is 31.7. The summed E-state index contributed by atoms with van der Waals surface area (Å²) in [5, 5.41) is 25.1. The van der Waals surface area contributed by atoms with Crippen molar-refractivity contribution in [3.63, 3.8) is 0 Å². The van der Waals surface area contributed by atoms with Crippen molar-refractivity contribution in [3.05, 3.63) is 79.6 Å². The summed E-state index contributed by atoms with van der Waals surface area (Å²) in [5.74, 6) is -1.46. The van der Waals surface area contributed by atoms with Crippen molar-refractivity contribution in [1.29, 1.82) is 0 Å². The van der Waals surface area contributed by atoms with Gasteiger partial charge in [0.1, 0.15) is 5.82 Å². The van der Waals surface area contributed by atoms with Crippen LogP contribution in [0.1, 0.15) is 15.9 Å². The number of nitrogens with zero attached hydrogens (tertiary/aromatic N) is 3. The van der Waals surface area contributed by atoms with Gasteiger partial charge in [0.15, 0.2) is 0 Å². The van der Waals surface area contributed by atoms with Crippen molar-refractivity contribution in [1.82, 2.24) is 5.43 Å². The fraction of sp³-hybridized carbons (Fsp3) is 0. The van der Waals surface area contributed by atoms with E-state index in [1.807, 2.05) is 5.43 Å². The van der Waals surface area contributed by atoms with Gasteiger partial charge in [0.2, 0.25) is 0 Å². The molecule has 0 radical (unpaired) electrons. The molecular formula is C14H9FN4O5. The standard InChI is InChI=1S/C14H9FN4O5/c15-13-4-2-1-3-9(13)8-16-17-14(20)10-5-11(18(21)22)7-12(6-10)19(23)24/h1-8H,(H,17,20). The van der Waals surface area contributed by atoms with Crippen LogP contribution in [-0.4, -0.2) is 22.0 Å². The van der Waals surface area contributed by atoms with Crippen molar-refractivity contribution in [2.45, 2.75) is 0 Å². The molecule has 1 N–H and O–H groups in total. The van der Waals surface area contributed by atoms with Crippen molar-refractivity contribution >= 4 is 23.5 Å². The SMILES string of the molecule is O=C(NN=Cc1ccccc1F)c1cc([N+](=O)[O-])cc([N+](=O)[O-])c1. The van der Waals surface area contributed by atoms with E-state index in [-0.39, 0.29) is 11.1 Å². The van der Waals surface area contributed by atoms with Crippen molar-refractivity contribution in [2.75, 3.05) is 0 Å². The van der Waals surface area contributed by atoms with Crippen LogP contribution in [0.3, 0.4) is 0 Å². The van der Waals surface area contributed by atoms with E-state index in [4.69, 9.17) is 0 Å². The van der Waals surface area contributed by atoms with Crippen LogP contribution in [-0.2, 0) is 0 Å². The number of carbonyl (C=O) groups excluding carboxylic acids is 1. The second kappa shape index (κ2) is 7.05. The molecule has 0 aliphatic heterocycles. The van der Waals surface area contributed by atoms with E-state index >= 15 is 0 Å². The number of hydrogen-bond acceptors (Lipinski definition) is 6. The quantitative estimate of drug-likeness (QED) is 0.511. The van der Waals surface area contributed by atoms with Crippen molar-refractivity contribution in [3.8, 4) is 0 Å². The van der Waals surface area contributed by atoms with Gasteiger partial charge >= 0.3 is 0 Å². The van der Waals surface area contributed by atoms with Crippen LogP contribution < -0.4 is 5.43 Å². The lowest BCUT2D eigenvalue weighted by Crippen LogP contribution is -2.18. The number of benzene rings is 2. The van der Waals surface area contributed by atoms with E-state index < -0.39 is 32.9 Å². The lowest BCUT2D eigenvalue weighted by molar-refractivity contribution is -0.394. The Labute approximate surface area is 133 Å². The number of hydrogen-bond donors (Lipinski definition) is 1. The number of nitrogens with one attached hydrogen (secondary N) is 1. The summed E-state index contributed by atoms with van der Waals surface area (Å²) in [6.07, 6.45) is 1.04. The molecule has 0 atom stereocenters. The minimum Gasteiger partial charge on any atom is -0.267 e. The highest BCUT2D eigenvalue weighted by Crippen LogP contribution is 2.22. The highest BCUT2D eigenvalue weighted by molar-refractivity contribution is 5.96. The van der Waals surface area contributed by atoms with Gasteiger partial charge in [-0.15, -0.1) is 0 Å². The maximum atomic E-state index is 13.4. The molecule has 0 saturated heterocycles. The molecule has 0 heterocycles. The third-order valence-corrected chi connectivity index (χ3v) is 2.86. The van der Waals surface area contributed by atoms with Crippen molar-refractivity contribution < 1.29 is 19.0 Å². The molecule has 2 aromatic carbocycles. The van der Waals surface area contributed by atoms with E-state index in [0.717, 1.165) is 24.4 Å². The van der Waals surface area contributed by atoms with Gasteiger partial charge in [0.25, 0.3) is 17.3 Å². The average molecular weight is 332 g/mol. The number of nitro groups is 2. The summed E-state index contributed by atoms with van der Waals surface area (Å²) in [5.41, 5.74) is 0.613. The lowest BCUT2D eigenvalue weighted by atomic mass is 10.1. The zero-order valence-corrected chi connectivity index (χ0v) is 11.9. The first-order valence-corrected chi connectivity index (χ1v) is 6.40. The number of carbonyl (C=O) groups is 1. The second-order valence-corrected chi connectivity index (χ2v) is 4.47. The number of halogens is 1. The summed E-state index contributed by atoms with van der Waals surface area (Å²) in [6.45, 7) is 0. The minimum atomic E-state index is -0.908. The number of rotatable bonds is 5. The Morgan fingerprint density at radius 3 is 2.21 bits per heavy atom. The normalized spacial score (nSPS) is 10.5.